The second-order valence-electron chi connectivity index (χ2n) is 7.08. The van der Waals surface area contributed by atoms with E-state index in [2.05, 4.69) is 31.0 Å². The molecule has 2 saturated carbocycles. The van der Waals surface area contributed by atoms with E-state index in [1.54, 1.807) is 0 Å². The van der Waals surface area contributed by atoms with Crippen molar-refractivity contribution in [2.75, 3.05) is 13.1 Å². The van der Waals surface area contributed by atoms with Crippen molar-refractivity contribution in [1.82, 2.24) is 10.2 Å². The number of nitrogens with one attached hydrogen (secondary N) is 1. The highest BCUT2D eigenvalue weighted by atomic mass is 16.1. The van der Waals surface area contributed by atoms with Crippen LogP contribution in [0.25, 0.3) is 0 Å². The molecule has 4 heteroatoms. The molecule has 2 fully saturated rings. The standard InChI is InChI=1S/C16H31N3O/c1-4-9-19(11-13-5-6-13)14-7-8-16(10-14,15(17)20)18-12(2)3/h12-14,18H,4-11H2,1-3H3,(H2,17,20). The lowest BCUT2D eigenvalue weighted by molar-refractivity contribution is -0.124. The average molecular weight is 281 g/mol. The summed E-state index contributed by atoms with van der Waals surface area (Å²) < 4.78 is 0. The van der Waals surface area contributed by atoms with Crippen LogP contribution in [0.4, 0.5) is 0 Å². The monoisotopic (exact) mass is 281 g/mol. The van der Waals surface area contributed by atoms with Gasteiger partial charge in [0.15, 0.2) is 0 Å². The van der Waals surface area contributed by atoms with Crippen molar-refractivity contribution in [3.63, 3.8) is 0 Å². The third kappa shape index (κ3) is 3.73. The number of carbonyl (C=O) groups excluding carboxylic acids is 1. The Labute approximate surface area is 123 Å². The number of amides is 1. The normalized spacial score (nSPS) is 30.4. The SMILES string of the molecule is CCCN(CC1CC1)C1CCC(NC(C)C)(C(N)=O)C1. The maximum atomic E-state index is 12.0. The minimum Gasteiger partial charge on any atom is -0.368 e. The zero-order valence-corrected chi connectivity index (χ0v) is 13.3. The molecule has 0 spiro atoms. The van der Waals surface area contributed by atoms with Gasteiger partial charge in [0.05, 0.1) is 5.54 Å². The van der Waals surface area contributed by atoms with E-state index in [4.69, 9.17) is 5.73 Å². The van der Waals surface area contributed by atoms with Crippen LogP contribution >= 0.6 is 0 Å². The van der Waals surface area contributed by atoms with Crippen molar-refractivity contribution >= 4 is 5.91 Å². The van der Waals surface area contributed by atoms with Crippen LogP contribution < -0.4 is 11.1 Å². The average Bonchev–Trinajstić information content (AvgIpc) is 3.07. The van der Waals surface area contributed by atoms with E-state index < -0.39 is 5.54 Å². The third-order valence-electron chi connectivity index (χ3n) is 4.74. The second-order valence-corrected chi connectivity index (χ2v) is 7.08. The molecular weight excluding hydrogens is 250 g/mol. The van der Waals surface area contributed by atoms with Gasteiger partial charge < -0.3 is 16.0 Å². The summed E-state index contributed by atoms with van der Waals surface area (Å²) in [7, 11) is 0. The topological polar surface area (TPSA) is 58.4 Å². The van der Waals surface area contributed by atoms with Gasteiger partial charge in [-0.15, -0.1) is 0 Å². The highest BCUT2D eigenvalue weighted by Gasteiger charge is 2.46. The van der Waals surface area contributed by atoms with Crippen molar-refractivity contribution in [1.29, 1.82) is 0 Å². The van der Waals surface area contributed by atoms with E-state index in [1.165, 1.54) is 25.8 Å². The highest BCUT2D eigenvalue weighted by Crippen LogP contribution is 2.37. The number of nitrogens with two attached hydrogens (primary N) is 1. The Morgan fingerprint density at radius 3 is 2.60 bits per heavy atom. The van der Waals surface area contributed by atoms with Crippen molar-refractivity contribution in [2.24, 2.45) is 11.7 Å². The predicted molar refractivity (Wildman–Crippen MR) is 82.4 cm³/mol. The molecule has 1 amide bonds. The zero-order chi connectivity index (χ0) is 14.8. The summed E-state index contributed by atoms with van der Waals surface area (Å²) in [6.07, 6.45) is 6.82. The Bertz CT molecular complexity index is 341. The number of hydrogen-bond donors (Lipinski definition) is 2. The smallest absolute Gasteiger partial charge is 0.237 e. The number of primary amides is 1. The first-order valence-electron chi connectivity index (χ1n) is 8.28. The summed E-state index contributed by atoms with van der Waals surface area (Å²) in [5.74, 6) is 0.736. The second kappa shape index (κ2) is 6.44. The van der Waals surface area contributed by atoms with Gasteiger partial charge in [0.25, 0.3) is 0 Å². The first-order chi connectivity index (χ1) is 9.47. The quantitative estimate of drug-likeness (QED) is 0.714. The van der Waals surface area contributed by atoms with Crippen LogP contribution in [0.15, 0.2) is 0 Å². The molecule has 0 aromatic heterocycles. The van der Waals surface area contributed by atoms with Gasteiger partial charge in [-0.25, -0.2) is 0 Å². The van der Waals surface area contributed by atoms with E-state index in [-0.39, 0.29) is 5.91 Å². The summed E-state index contributed by atoms with van der Waals surface area (Å²) in [5, 5.41) is 3.45. The Morgan fingerprint density at radius 1 is 1.40 bits per heavy atom. The number of carbonyl (C=O) groups is 1. The lowest BCUT2D eigenvalue weighted by Gasteiger charge is -2.33. The molecule has 3 N–H and O–H groups in total. The van der Waals surface area contributed by atoms with E-state index in [1.807, 2.05) is 0 Å². The molecule has 0 radical (unpaired) electrons. The molecule has 2 unspecified atom stereocenters. The van der Waals surface area contributed by atoms with Crippen LogP contribution in [0.5, 0.6) is 0 Å². The molecule has 0 aromatic carbocycles. The number of nitrogens with zero attached hydrogens (tertiary/aromatic N) is 1. The molecule has 116 valence electrons. The van der Waals surface area contributed by atoms with Crippen LogP contribution in [0.2, 0.25) is 0 Å². The van der Waals surface area contributed by atoms with E-state index >= 15 is 0 Å². The van der Waals surface area contributed by atoms with Gasteiger partial charge in [0.2, 0.25) is 5.91 Å². The molecule has 0 bridgehead atoms. The minimum absolute atomic E-state index is 0.170. The minimum atomic E-state index is -0.478. The number of rotatable bonds is 8. The molecule has 2 aliphatic carbocycles. The first kappa shape index (κ1) is 15.8. The Hall–Kier alpha value is -0.610. The van der Waals surface area contributed by atoms with Crippen molar-refractivity contribution < 1.29 is 4.79 Å². The fourth-order valence-corrected chi connectivity index (χ4v) is 3.65. The molecule has 20 heavy (non-hydrogen) atoms. The summed E-state index contributed by atoms with van der Waals surface area (Å²) in [6, 6.07) is 0.818. The zero-order valence-electron chi connectivity index (χ0n) is 13.3. The maximum absolute atomic E-state index is 12.0. The van der Waals surface area contributed by atoms with Crippen molar-refractivity contribution in [3.05, 3.63) is 0 Å². The fourth-order valence-electron chi connectivity index (χ4n) is 3.65. The van der Waals surface area contributed by atoms with Crippen molar-refractivity contribution in [3.8, 4) is 0 Å². The van der Waals surface area contributed by atoms with E-state index in [0.29, 0.717) is 12.1 Å². The van der Waals surface area contributed by atoms with E-state index in [0.717, 1.165) is 31.7 Å². The first-order valence-corrected chi connectivity index (χ1v) is 8.28. The molecule has 0 aromatic rings. The van der Waals surface area contributed by atoms with Gasteiger partial charge in [-0.2, -0.15) is 0 Å². The van der Waals surface area contributed by atoms with Crippen molar-refractivity contribution in [2.45, 2.75) is 76.9 Å². The molecule has 2 aliphatic rings. The van der Waals surface area contributed by atoms with Crippen LogP contribution in [0.3, 0.4) is 0 Å². The summed E-state index contributed by atoms with van der Waals surface area (Å²) in [6.45, 7) is 8.79. The van der Waals surface area contributed by atoms with Crippen LogP contribution in [0, 0.1) is 5.92 Å². The van der Waals surface area contributed by atoms with E-state index in [9.17, 15) is 4.79 Å². The molecule has 0 heterocycles. The van der Waals surface area contributed by atoms with Gasteiger partial charge in [-0.3, -0.25) is 4.79 Å². The largest absolute Gasteiger partial charge is 0.368 e. The molecule has 0 aliphatic heterocycles. The lowest BCUT2D eigenvalue weighted by atomic mass is 9.95. The molecule has 2 rings (SSSR count). The third-order valence-corrected chi connectivity index (χ3v) is 4.74. The lowest BCUT2D eigenvalue weighted by Crippen LogP contribution is -2.56. The maximum Gasteiger partial charge on any atom is 0.237 e. The Morgan fingerprint density at radius 2 is 2.10 bits per heavy atom. The van der Waals surface area contributed by atoms with Gasteiger partial charge in [0.1, 0.15) is 0 Å². The van der Waals surface area contributed by atoms with Gasteiger partial charge in [-0.05, 0) is 64.8 Å². The molecule has 2 atom stereocenters. The molecule has 0 saturated heterocycles. The molecule has 4 nitrogen and oxygen atoms in total. The van der Waals surface area contributed by atoms with Gasteiger partial charge in [-0.1, -0.05) is 6.92 Å². The van der Waals surface area contributed by atoms with Gasteiger partial charge in [0, 0.05) is 18.6 Å². The summed E-state index contributed by atoms with van der Waals surface area (Å²) in [4.78, 5) is 14.6. The fraction of sp³-hybridized carbons (Fsp3) is 0.938. The van der Waals surface area contributed by atoms with Crippen LogP contribution in [0.1, 0.15) is 59.3 Å². The summed E-state index contributed by atoms with van der Waals surface area (Å²) >= 11 is 0. The highest BCUT2D eigenvalue weighted by molar-refractivity contribution is 5.85. The van der Waals surface area contributed by atoms with Gasteiger partial charge >= 0.3 is 0 Å². The van der Waals surface area contributed by atoms with Crippen LogP contribution in [-0.2, 0) is 4.79 Å². The van der Waals surface area contributed by atoms with Crippen LogP contribution in [-0.4, -0.2) is 41.5 Å². The summed E-state index contributed by atoms with van der Waals surface area (Å²) in [5.41, 5.74) is 5.23. The Kier molecular flexibility index (Phi) is 5.08. The Balaban J connectivity index is 2.00. The number of hydrogen-bond acceptors (Lipinski definition) is 3. The molecular formula is C16H31N3O. The predicted octanol–water partition coefficient (Wildman–Crippen LogP) is 1.88.